The molecule has 1 N–H and O–H groups in total. The molecule has 0 unspecified atom stereocenters. The van der Waals surface area contributed by atoms with Crippen LogP contribution in [0.15, 0.2) is 54.6 Å². The average Bonchev–Trinajstić information content (AvgIpc) is 2.69. The van der Waals surface area contributed by atoms with Crippen LogP contribution in [-0.4, -0.2) is 54.3 Å². The molecule has 2 aromatic carbocycles. The van der Waals surface area contributed by atoms with Crippen LogP contribution in [-0.2, 0) is 9.59 Å². The number of amides is 2. The molecule has 1 aliphatic rings. The lowest BCUT2D eigenvalue weighted by atomic mass is 10.2. The summed E-state index contributed by atoms with van der Waals surface area (Å²) >= 11 is 11.9. The SMILES string of the molecule is O=C(CN1CCN(C(=O)/C=C/c2ccc(Cl)cc2)CC1)Nc1ccccc1Cl. The van der Waals surface area contributed by atoms with E-state index in [4.69, 9.17) is 23.2 Å². The van der Waals surface area contributed by atoms with Crippen LogP contribution in [0.25, 0.3) is 6.08 Å². The summed E-state index contributed by atoms with van der Waals surface area (Å²) < 4.78 is 0. The fourth-order valence-corrected chi connectivity index (χ4v) is 3.24. The lowest BCUT2D eigenvalue weighted by molar-refractivity contribution is -0.127. The number of halogens is 2. The lowest BCUT2D eigenvalue weighted by Crippen LogP contribution is -2.50. The zero-order chi connectivity index (χ0) is 19.9. The molecule has 7 heteroatoms. The van der Waals surface area contributed by atoms with E-state index in [1.54, 1.807) is 41.3 Å². The summed E-state index contributed by atoms with van der Waals surface area (Å²) in [6, 6.07) is 14.4. The number of hydrogen-bond donors (Lipinski definition) is 1. The highest BCUT2D eigenvalue weighted by atomic mass is 35.5. The van der Waals surface area contributed by atoms with Crippen molar-refractivity contribution in [3.63, 3.8) is 0 Å². The fourth-order valence-electron chi connectivity index (χ4n) is 2.93. The highest BCUT2D eigenvalue weighted by Gasteiger charge is 2.21. The summed E-state index contributed by atoms with van der Waals surface area (Å²) in [4.78, 5) is 28.4. The van der Waals surface area contributed by atoms with Gasteiger partial charge in [0.25, 0.3) is 0 Å². The number of piperazine rings is 1. The third-order valence-electron chi connectivity index (χ3n) is 4.49. The number of nitrogens with one attached hydrogen (secondary N) is 1. The van der Waals surface area contributed by atoms with Gasteiger partial charge in [0.05, 0.1) is 17.3 Å². The molecule has 2 aromatic rings. The van der Waals surface area contributed by atoms with E-state index in [9.17, 15) is 9.59 Å². The minimum atomic E-state index is -0.115. The molecule has 0 radical (unpaired) electrons. The molecule has 0 spiro atoms. The van der Waals surface area contributed by atoms with Crippen molar-refractivity contribution in [1.82, 2.24) is 9.80 Å². The Labute approximate surface area is 174 Å². The second-order valence-corrected chi connectivity index (χ2v) is 7.36. The van der Waals surface area contributed by atoms with Gasteiger partial charge >= 0.3 is 0 Å². The van der Waals surface area contributed by atoms with E-state index in [1.165, 1.54) is 0 Å². The zero-order valence-corrected chi connectivity index (χ0v) is 16.8. The topological polar surface area (TPSA) is 52.7 Å². The van der Waals surface area contributed by atoms with Gasteiger partial charge in [0.15, 0.2) is 0 Å². The number of carbonyl (C=O) groups excluding carboxylic acids is 2. The number of nitrogens with zero attached hydrogens (tertiary/aromatic N) is 2. The van der Waals surface area contributed by atoms with Crippen LogP contribution in [0.1, 0.15) is 5.56 Å². The number of rotatable bonds is 5. The van der Waals surface area contributed by atoms with E-state index in [2.05, 4.69) is 5.32 Å². The summed E-state index contributed by atoms with van der Waals surface area (Å²) in [5.74, 6) is -0.148. The molecule has 0 bridgehead atoms. The van der Waals surface area contributed by atoms with Crippen LogP contribution >= 0.6 is 23.2 Å². The number of carbonyl (C=O) groups is 2. The Balaban J connectivity index is 1.44. The van der Waals surface area contributed by atoms with Crippen molar-refractivity contribution < 1.29 is 9.59 Å². The first-order chi connectivity index (χ1) is 13.5. The minimum absolute atomic E-state index is 0.0323. The molecule has 1 fully saturated rings. The molecular formula is C21H21Cl2N3O2. The summed E-state index contributed by atoms with van der Waals surface area (Å²) in [6.45, 7) is 2.74. The molecule has 1 heterocycles. The van der Waals surface area contributed by atoms with Gasteiger partial charge in [-0.25, -0.2) is 0 Å². The van der Waals surface area contributed by atoms with Gasteiger partial charge in [0.1, 0.15) is 0 Å². The maximum atomic E-state index is 12.3. The molecule has 0 aromatic heterocycles. The molecule has 3 rings (SSSR count). The number of hydrogen-bond acceptors (Lipinski definition) is 3. The molecule has 0 atom stereocenters. The van der Waals surface area contributed by atoms with Gasteiger partial charge < -0.3 is 10.2 Å². The molecule has 0 aliphatic carbocycles. The number of anilines is 1. The Morgan fingerprint density at radius 2 is 1.64 bits per heavy atom. The van der Waals surface area contributed by atoms with Crippen molar-refractivity contribution in [2.24, 2.45) is 0 Å². The first-order valence-electron chi connectivity index (χ1n) is 9.00. The summed E-state index contributed by atoms with van der Waals surface area (Å²) in [5.41, 5.74) is 1.53. The van der Waals surface area contributed by atoms with Crippen LogP contribution in [0, 0.1) is 0 Å². The second kappa shape index (κ2) is 9.73. The Bertz CT molecular complexity index is 860. The van der Waals surface area contributed by atoms with Crippen molar-refractivity contribution in [3.05, 3.63) is 70.2 Å². The van der Waals surface area contributed by atoms with E-state index in [0.717, 1.165) is 5.56 Å². The van der Waals surface area contributed by atoms with Crippen LogP contribution in [0.4, 0.5) is 5.69 Å². The standard InChI is InChI=1S/C21H21Cl2N3O2/c22-17-8-5-16(6-9-17)7-10-21(28)26-13-11-25(12-14-26)15-20(27)24-19-4-2-1-3-18(19)23/h1-10H,11-15H2,(H,24,27)/b10-7+. The first-order valence-corrected chi connectivity index (χ1v) is 9.76. The number of para-hydroxylation sites is 1. The van der Waals surface area contributed by atoms with Crippen LogP contribution in [0.3, 0.4) is 0 Å². The van der Waals surface area contributed by atoms with Gasteiger partial charge in [-0.2, -0.15) is 0 Å². The quantitative estimate of drug-likeness (QED) is 0.752. The van der Waals surface area contributed by atoms with Crippen molar-refractivity contribution in [3.8, 4) is 0 Å². The lowest BCUT2D eigenvalue weighted by Gasteiger charge is -2.33. The number of benzene rings is 2. The molecule has 28 heavy (non-hydrogen) atoms. The van der Waals surface area contributed by atoms with Gasteiger partial charge in [-0.05, 0) is 35.9 Å². The summed E-state index contributed by atoms with van der Waals surface area (Å²) in [6.07, 6.45) is 3.35. The van der Waals surface area contributed by atoms with E-state index in [1.807, 2.05) is 29.2 Å². The maximum absolute atomic E-state index is 12.3. The third-order valence-corrected chi connectivity index (χ3v) is 5.07. The second-order valence-electron chi connectivity index (χ2n) is 6.51. The summed E-state index contributed by atoms with van der Waals surface area (Å²) in [7, 11) is 0. The molecule has 5 nitrogen and oxygen atoms in total. The predicted octanol–water partition coefficient (Wildman–Crippen LogP) is 3.79. The highest BCUT2D eigenvalue weighted by molar-refractivity contribution is 6.33. The van der Waals surface area contributed by atoms with Crippen molar-refractivity contribution >= 4 is 46.8 Å². The monoisotopic (exact) mass is 417 g/mol. The summed E-state index contributed by atoms with van der Waals surface area (Å²) in [5, 5.41) is 4.00. The van der Waals surface area contributed by atoms with Gasteiger partial charge in [-0.3, -0.25) is 14.5 Å². The molecule has 146 valence electrons. The van der Waals surface area contributed by atoms with E-state index < -0.39 is 0 Å². The van der Waals surface area contributed by atoms with Gasteiger partial charge in [0.2, 0.25) is 11.8 Å². The van der Waals surface area contributed by atoms with Gasteiger partial charge in [-0.15, -0.1) is 0 Å². The molecule has 0 saturated carbocycles. The van der Waals surface area contributed by atoms with Crippen LogP contribution in [0.2, 0.25) is 10.0 Å². The molecular weight excluding hydrogens is 397 g/mol. The van der Waals surface area contributed by atoms with E-state index in [0.29, 0.717) is 41.9 Å². The third kappa shape index (κ3) is 5.83. The average molecular weight is 418 g/mol. The maximum Gasteiger partial charge on any atom is 0.246 e. The zero-order valence-electron chi connectivity index (χ0n) is 15.3. The predicted molar refractivity (Wildman–Crippen MR) is 114 cm³/mol. The Morgan fingerprint density at radius 3 is 2.32 bits per heavy atom. The Morgan fingerprint density at radius 1 is 0.964 bits per heavy atom. The molecule has 2 amide bonds. The Hall–Kier alpha value is -2.34. The van der Waals surface area contributed by atoms with Crippen molar-refractivity contribution in [1.29, 1.82) is 0 Å². The van der Waals surface area contributed by atoms with Gasteiger partial charge in [-0.1, -0.05) is 47.5 Å². The van der Waals surface area contributed by atoms with E-state index in [-0.39, 0.29) is 18.4 Å². The largest absolute Gasteiger partial charge is 0.337 e. The normalized spacial score (nSPS) is 15.0. The minimum Gasteiger partial charge on any atom is -0.337 e. The fraction of sp³-hybridized carbons (Fsp3) is 0.238. The van der Waals surface area contributed by atoms with Crippen LogP contribution < -0.4 is 5.32 Å². The van der Waals surface area contributed by atoms with Gasteiger partial charge in [0, 0.05) is 37.3 Å². The molecule has 1 saturated heterocycles. The van der Waals surface area contributed by atoms with Crippen molar-refractivity contribution in [2.45, 2.75) is 0 Å². The van der Waals surface area contributed by atoms with Crippen molar-refractivity contribution in [2.75, 3.05) is 38.0 Å². The first kappa shape index (κ1) is 20.4. The smallest absolute Gasteiger partial charge is 0.246 e. The van der Waals surface area contributed by atoms with Crippen LogP contribution in [0.5, 0.6) is 0 Å². The van der Waals surface area contributed by atoms with E-state index >= 15 is 0 Å². The highest BCUT2D eigenvalue weighted by Crippen LogP contribution is 2.20. The Kier molecular flexibility index (Phi) is 7.09. The molecule has 1 aliphatic heterocycles.